The molecule has 2 aliphatic rings. The van der Waals surface area contributed by atoms with E-state index in [4.69, 9.17) is 0 Å². The number of aromatic nitrogens is 2. The van der Waals surface area contributed by atoms with Crippen molar-refractivity contribution in [2.75, 3.05) is 18.4 Å². The molecule has 2 aliphatic heterocycles. The first-order valence-corrected chi connectivity index (χ1v) is 7.49. The summed E-state index contributed by atoms with van der Waals surface area (Å²) < 4.78 is 0. The third-order valence-electron chi connectivity index (χ3n) is 4.39. The van der Waals surface area contributed by atoms with Gasteiger partial charge in [-0.15, -0.1) is 0 Å². The van der Waals surface area contributed by atoms with Crippen LogP contribution in [0.4, 0.5) is 5.95 Å². The van der Waals surface area contributed by atoms with Gasteiger partial charge in [-0.3, -0.25) is 4.90 Å². The van der Waals surface area contributed by atoms with Crippen molar-refractivity contribution in [3.8, 4) is 0 Å². The second kappa shape index (κ2) is 5.08. The van der Waals surface area contributed by atoms with Gasteiger partial charge < -0.3 is 5.32 Å². The van der Waals surface area contributed by atoms with Gasteiger partial charge in [0.15, 0.2) is 0 Å². The predicted molar refractivity (Wildman–Crippen MR) is 77.5 cm³/mol. The number of fused-ring (bicyclic) bond motifs is 1. The molecule has 2 saturated heterocycles. The van der Waals surface area contributed by atoms with Crippen LogP contribution >= 0.6 is 0 Å². The van der Waals surface area contributed by atoms with Crippen molar-refractivity contribution in [2.24, 2.45) is 0 Å². The number of rotatable bonds is 3. The second-order valence-electron chi connectivity index (χ2n) is 6.20. The fourth-order valence-electron chi connectivity index (χ4n) is 3.37. The zero-order valence-electron chi connectivity index (χ0n) is 12.2. The van der Waals surface area contributed by atoms with Gasteiger partial charge in [0, 0.05) is 30.0 Å². The van der Waals surface area contributed by atoms with Crippen LogP contribution in [-0.2, 0) is 0 Å². The summed E-state index contributed by atoms with van der Waals surface area (Å²) in [5.41, 5.74) is 2.19. The van der Waals surface area contributed by atoms with E-state index in [2.05, 4.69) is 47.0 Å². The average molecular weight is 260 g/mol. The van der Waals surface area contributed by atoms with Gasteiger partial charge in [0.05, 0.1) is 0 Å². The number of nitrogens with zero attached hydrogens (tertiary/aromatic N) is 3. The number of nitrogens with one attached hydrogen (secondary N) is 1. The van der Waals surface area contributed by atoms with Gasteiger partial charge in [-0.25, -0.2) is 9.97 Å². The first kappa shape index (κ1) is 12.9. The molecule has 3 rings (SSSR count). The molecule has 104 valence electrons. The molecule has 2 unspecified atom stereocenters. The molecule has 2 fully saturated rings. The summed E-state index contributed by atoms with van der Waals surface area (Å²) in [6.45, 7) is 8.91. The lowest BCUT2D eigenvalue weighted by Crippen LogP contribution is -2.34. The molecule has 0 bridgehead atoms. The molecule has 1 aromatic heterocycles. The number of aryl methyl sites for hydroxylation is 1. The van der Waals surface area contributed by atoms with Crippen LogP contribution in [0.1, 0.15) is 50.4 Å². The van der Waals surface area contributed by atoms with E-state index in [-0.39, 0.29) is 0 Å². The molecule has 1 aromatic rings. The molecule has 4 nitrogen and oxygen atoms in total. The van der Waals surface area contributed by atoms with E-state index in [9.17, 15) is 0 Å². The number of hydrogen-bond acceptors (Lipinski definition) is 4. The van der Waals surface area contributed by atoms with Gasteiger partial charge in [-0.1, -0.05) is 13.8 Å². The highest BCUT2D eigenvalue weighted by atomic mass is 15.3. The van der Waals surface area contributed by atoms with Gasteiger partial charge in [-0.2, -0.15) is 0 Å². The summed E-state index contributed by atoms with van der Waals surface area (Å²) in [6.07, 6.45) is 3.88. The zero-order valence-corrected chi connectivity index (χ0v) is 12.2. The van der Waals surface area contributed by atoms with E-state index < -0.39 is 0 Å². The van der Waals surface area contributed by atoms with Crippen molar-refractivity contribution >= 4 is 5.95 Å². The Kier molecular flexibility index (Phi) is 3.44. The Labute approximate surface area is 115 Å². The first-order chi connectivity index (χ1) is 9.13. The minimum atomic E-state index is 0.453. The molecule has 0 spiro atoms. The Bertz CT molecular complexity index is 457. The fraction of sp³-hybridized carbons (Fsp3) is 0.733. The Morgan fingerprint density at radius 1 is 1.26 bits per heavy atom. The van der Waals surface area contributed by atoms with E-state index in [0.717, 1.165) is 17.3 Å². The van der Waals surface area contributed by atoms with E-state index in [1.807, 2.05) is 0 Å². The Balaban J connectivity index is 1.76. The van der Waals surface area contributed by atoms with Crippen molar-refractivity contribution in [2.45, 2.75) is 58.0 Å². The van der Waals surface area contributed by atoms with E-state index >= 15 is 0 Å². The standard InChI is InChI=1S/C15H24N4/c1-10(2)13-9-11(3)16-15(18-13)17-12-6-8-19-7-4-5-14(12)19/h9-10,12,14H,4-8H2,1-3H3,(H,16,17,18). The lowest BCUT2D eigenvalue weighted by atomic mass is 10.1. The average Bonchev–Trinajstić information content (AvgIpc) is 2.93. The number of anilines is 1. The summed E-state index contributed by atoms with van der Waals surface area (Å²) in [5.74, 6) is 1.27. The first-order valence-electron chi connectivity index (χ1n) is 7.49. The Morgan fingerprint density at radius 3 is 2.89 bits per heavy atom. The zero-order chi connectivity index (χ0) is 13.4. The molecule has 1 N–H and O–H groups in total. The van der Waals surface area contributed by atoms with Gasteiger partial charge in [0.25, 0.3) is 0 Å². The van der Waals surface area contributed by atoms with Crippen LogP contribution in [-0.4, -0.2) is 40.0 Å². The second-order valence-corrected chi connectivity index (χ2v) is 6.20. The highest BCUT2D eigenvalue weighted by molar-refractivity contribution is 5.31. The van der Waals surface area contributed by atoms with Crippen molar-refractivity contribution in [3.05, 3.63) is 17.5 Å². The van der Waals surface area contributed by atoms with E-state index in [1.165, 1.54) is 32.4 Å². The Hall–Kier alpha value is -1.16. The van der Waals surface area contributed by atoms with Crippen LogP contribution < -0.4 is 5.32 Å². The molecule has 0 aromatic carbocycles. The van der Waals surface area contributed by atoms with Crippen LogP contribution in [0, 0.1) is 6.92 Å². The summed E-state index contributed by atoms with van der Waals surface area (Å²) >= 11 is 0. The molecule has 0 amide bonds. The van der Waals surface area contributed by atoms with Gasteiger partial charge >= 0.3 is 0 Å². The molecule has 19 heavy (non-hydrogen) atoms. The molecule has 2 atom stereocenters. The molecule has 0 aliphatic carbocycles. The van der Waals surface area contributed by atoms with Crippen LogP contribution in [0.15, 0.2) is 6.07 Å². The molecular weight excluding hydrogens is 236 g/mol. The Morgan fingerprint density at radius 2 is 2.11 bits per heavy atom. The lowest BCUT2D eigenvalue weighted by molar-refractivity contribution is 0.318. The normalized spacial score (nSPS) is 26.9. The molecule has 3 heterocycles. The van der Waals surface area contributed by atoms with Crippen molar-refractivity contribution in [1.82, 2.24) is 14.9 Å². The third kappa shape index (κ3) is 2.59. The molecular formula is C15H24N4. The molecule has 0 radical (unpaired) electrons. The van der Waals surface area contributed by atoms with Gasteiger partial charge in [0.1, 0.15) is 0 Å². The SMILES string of the molecule is Cc1cc(C(C)C)nc(NC2CCN3CCCC23)n1. The minimum Gasteiger partial charge on any atom is -0.350 e. The van der Waals surface area contributed by atoms with Crippen LogP contribution in [0.5, 0.6) is 0 Å². The topological polar surface area (TPSA) is 41.1 Å². The number of hydrogen-bond donors (Lipinski definition) is 1. The third-order valence-corrected chi connectivity index (χ3v) is 4.39. The monoisotopic (exact) mass is 260 g/mol. The van der Waals surface area contributed by atoms with Crippen molar-refractivity contribution < 1.29 is 0 Å². The summed E-state index contributed by atoms with van der Waals surface area (Å²) in [5, 5.41) is 3.58. The highest BCUT2D eigenvalue weighted by Gasteiger charge is 2.37. The van der Waals surface area contributed by atoms with Crippen molar-refractivity contribution in [3.63, 3.8) is 0 Å². The summed E-state index contributed by atoms with van der Waals surface area (Å²) in [6, 6.07) is 3.32. The molecule has 4 heteroatoms. The van der Waals surface area contributed by atoms with Crippen LogP contribution in [0.2, 0.25) is 0 Å². The summed E-state index contributed by atoms with van der Waals surface area (Å²) in [4.78, 5) is 11.8. The maximum absolute atomic E-state index is 4.67. The fourth-order valence-corrected chi connectivity index (χ4v) is 3.37. The maximum Gasteiger partial charge on any atom is 0.223 e. The van der Waals surface area contributed by atoms with Gasteiger partial charge in [-0.05, 0) is 44.7 Å². The smallest absolute Gasteiger partial charge is 0.223 e. The molecule has 0 saturated carbocycles. The summed E-state index contributed by atoms with van der Waals surface area (Å²) in [7, 11) is 0. The minimum absolute atomic E-state index is 0.453. The maximum atomic E-state index is 4.67. The van der Waals surface area contributed by atoms with E-state index in [1.54, 1.807) is 0 Å². The predicted octanol–water partition coefficient (Wildman–Crippen LogP) is 2.56. The van der Waals surface area contributed by atoms with Crippen LogP contribution in [0.25, 0.3) is 0 Å². The largest absolute Gasteiger partial charge is 0.350 e. The lowest BCUT2D eigenvalue weighted by Gasteiger charge is -2.21. The van der Waals surface area contributed by atoms with Crippen molar-refractivity contribution in [1.29, 1.82) is 0 Å². The van der Waals surface area contributed by atoms with Gasteiger partial charge in [0.2, 0.25) is 5.95 Å². The van der Waals surface area contributed by atoms with Crippen LogP contribution in [0.3, 0.4) is 0 Å². The highest BCUT2D eigenvalue weighted by Crippen LogP contribution is 2.29. The quantitative estimate of drug-likeness (QED) is 0.907. The van der Waals surface area contributed by atoms with E-state index in [0.29, 0.717) is 18.0 Å².